The fraction of sp³-hybridized carbons (Fsp3) is 0.692. The third-order valence-corrected chi connectivity index (χ3v) is 3.33. The van der Waals surface area contributed by atoms with Gasteiger partial charge < -0.3 is 0 Å². The molecule has 1 aliphatic rings. The number of hydrogen-bond donors (Lipinski definition) is 0. The van der Waals surface area contributed by atoms with Gasteiger partial charge in [-0.05, 0) is 33.6 Å². The molecule has 0 aromatic carbocycles. The molecule has 2 rings (SSSR count). The molecule has 0 bridgehead atoms. The van der Waals surface area contributed by atoms with Gasteiger partial charge in [0.1, 0.15) is 0 Å². The lowest BCUT2D eigenvalue weighted by Crippen LogP contribution is -2.22. The summed E-state index contributed by atoms with van der Waals surface area (Å²) in [5.74, 6) is 0.504. The summed E-state index contributed by atoms with van der Waals surface area (Å²) in [7, 11) is 0. The summed E-state index contributed by atoms with van der Waals surface area (Å²) in [6, 6.07) is 0. The first-order valence-corrected chi connectivity index (χ1v) is 6.07. The van der Waals surface area contributed by atoms with E-state index >= 15 is 0 Å². The van der Waals surface area contributed by atoms with Crippen LogP contribution in [0.25, 0.3) is 0 Å². The van der Waals surface area contributed by atoms with E-state index in [0.29, 0.717) is 5.92 Å². The maximum absolute atomic E-state index is 11.1. The molecular weight excluding hydrogens is 200 g/mol. The van der Waals surface area contributed by atoms with Crippen molar-refractivity contribution < 1.29 is 4.79 Å². The lowest BCUT2D eigenvalue weighted by molar-refractivity contribution is 0.112. The minimum atomic E-state index is -0.0470. The standard InChI is InChI=1S/C13H20N2O/c1-13(2,3)15-8-11(9-16)12(14-15)10-6-4-5-7-10/h8-10H,4-7H2,1-3H3. The molecule has 16 heavy (non-hydrogen) atoms. The van der Waals surface area contributed by atoms with Crippen molar-refractivity contribution in [3.63, 3.8) is 0 Å². The van der Waals surface area contributed by atoms with Crippen molar-refractivity contribution in [3.8, 4) is 0 Å². The minimum absolute atomic E-state index is 0.0470. The monoisotopic (exact) mass is 220 g/mol. The molecular formula is C13H20N2O. The highest BCUT2D eigenvalue weighted by atomic mass is 16.1. The van der Waals surface area contributed by atoms with Crippen LogP contribution in [0.1, 0.15) is 68.4 Å². The Kier molecular flexibility index (Phi) is 2.87. The molecule has 0 N–H and O–H groups in total. The van der Waals surface area contributed by atoms with Crippen molar-refractivity contribution in [2.75, 3.05) is 0 Å². The van der Waals surface area contributed by atoms with Gasteiger partial charge >= 0.3 is 0 Å². The van der Waals surface area contributed by atoms with Gasteiger partial charge in [-0.25, -0.2) is 0 Å². The lowest BCUT2D eigenvalue weighted by atomic mass is 10.0. The Hall–Kier alpha value is -1.12. The molecule has 88 valence electrons. The highest BCUT2D eigenvalue weighted by molar-refractivity contribution is 5.76. The Morgan fingerprint density at radius 2 is 2.00 bits per heavy atom. The van der Waals surface area contributed by atoms with Gasteiger partial charge in [0, 0.05) is 12.1 Å². The van der Waals surface area contributed by atoms with E-state index in [-0.39, 0.29) is 5.54 Å². The van der Waals surface area contributed by atoms with Crippen LogP contribution in [-0.2, 0) is 5.54 Å². The zero-order valence-corrected chi connectivity index (χ0v) is 10.4. The number of hydrogen-bond acceptors (Lipinski definition) is 2. The number of aromatic nitrogens is 2. The summed E-state index contributed by atoms with van der Waals surface area (Å²) in [6.45, 7) is 6.31. The summed E-state index contributed by atoms with van der Waals surface area (Å²) < 4.78 is 1.92. The topological polar surface area (TPSA) is 34.9 Å². The molecule has 1 aliphatic carbocycles. The molecule has 0 radical (unpaired) electrons. The van der Waals surface area contributed by atoms with Gasteiger partial charge in [0.05, 0.1) is 16.8 Å². The van der Waals surface area contributed by atoms with E-state index in [2.05, 4.69) is 25.9 Å². The maximum Gasteiger partial charge on any atom is 0.153 e. The van der Waals surface area contributed by atoms with E-state index in [0.717, 1.165) is 17.5 Å². The number of aldehydes is 1. The second-order valence-electron chi connectivity index (χ2n) is 5.68. The summed E-state index contributed by atoms with van der Waals surface area (Å²) >= 11 is 0. The van der Waals surface area contributed by atoms with Crippen LogP contribution in [0.4, 0.5) is 0 Å². The molecule has 1 fully saturated rings. The molecule has 0 amide bonds. The van der Waals surface area contributed by atoms with Gasteiger partial charge in [0.15, 0.2) is 6.29 Å². The Morgan fingerprint density at radius 3 is 2.50 bits per heavy atom. The number of rotatable bonds is 2. The zero-order valence-electron chi connectivity index (χ0n) is 10.4. The maximum atomic E-state index is 11.1. The van der Waals surface area contributed by atoms with Crippen molar-refractivity contribution in [2.24, 2.45) is 0 Å². The summed E-state index contributed by atoms with van der Waals surface area (Å²) in [5.41, 5.74) is 1.75. The van der Waals surface area contributed by atoms with Gasteiger partial charge in [0.25, 0.3) is 0 Å². The Morgan fingerprint density at radius 1 is 1.38 bits per heavy atom. The average Bonchev–Trinajstić information content (AvgIpc) is 2.85. The first kappa shape index (κ1) is 11.4. The molecule has 0 saturated heterocycles. The van der Waals surface area contributed by atoms with Crippen molar-refractivity contribution in [1.29, 1.82) is 0 Å². The Bertz CT molecular complexity index is 381. The zero-order chi connectivity index (χ0) is 11.8. The number of carbonyl (C=O) groups excluding carboxylic acids is 1. The van der Waals surface area contributed by atoms with E-state index < -0.39 is 0 Å². The van der Waals surface area contributed by atoms with Gasteiger partial charge in [-0.1, -0.05) is 12.8 Å². The molecule has 0 aliphatic heterocycles. The SMILES string of the molecule is CC(C)(C)n1cc(C=O)c(C2CCCC2)n1. The summed E-state index contributed by atoms with van der Waals surface area (Å²) in [5, 5.41) is 4.62. The highest BCUT2D eigenvalue weighted by Gasteiger charge is 2.25. The van der Waals surface area contributed by atoms with Crippen molar-refractivity contribution >= 4 is 6.29 Å². The Labute approximate surface area is 96.8 Å². The highest BCUT2D eigenvalue weighted by Crippen LogP contribution is 2.35. The molecule has 0 atom stereocenters. The number of nitrogens with zero attached hydrogens (tertiary/aromatic N) is 2. The Balaban J connectivity index is 2.36. The first-order chi connectivity index (χ1) is 7.52. The second-order valence-corrected chi connectivity index (χ2v) is 5.68. The average molecular weight is 220 g/mol. The van der Waals surface area contributed by atoms with Crippen LogP contribution < -0.4 is 0 Å². The van der Waals surface area contributed by atoms with Crippen molar-refractivity contribution in [2.45, 2.75) is 57.9 Å². The third kappa shape index (κ3) is 2.04. The summed E-state index contributed by atoms with van der Waals surface area (Å²) in [4.78, 5) is 11.1. The van der Waals surface area contributed by atoms with Crippen molar-refractivity contribution in [3.05, 3.63) is 17.5 Å². The van der Waals surface area contributed by atoms with Crippen LogP contribution in [0.15, 0.2) is 6.20 Å². The van der Waals surface area contributed by atoms with Crippen LogP contribution in [-0.4, -0.2) is 16.1 Å². The largest absolute Gasteiger partial charge is 0.298 e. The molecule has 1 aromatic heterocycles. The molecule has 3 heteroatoms. The van der Waals surface area contributed by atoms with E-state index in [1.807, 2.05) is 10.9 Å². The molecule has 0 spiro atoms. The molecule has 1 heterocycles. The van der Waals surface area contributed by atoms with Gasteiger partial charge in [0.2, 0.25) is 0 Å². The van der Waals surface area contributed by atoms with Crippen LogP contribution in [0.5, 0.6) is 0 Å². The van der Waals surface area contributed by atoms with Gasteiger partial charge in [-0.15, -0.1) is 0 Å². The van der Waals surface area contributed by atoms with E-state index in [4.69, 9.17) is 0 Å². The van der Waals surface area contributed by atoms with Crippen LogP contribution in [0.2, 0.25) is 0 Å². The predicted molar refractivity (Wildman–Crippen MR) is 63.8 cm³/mol. The molecule has 0 unspecified atom stereocenters. The quantitative estimate of drug-likeness (QED) is 0.718. The first-order valence-electron chi connectivity index (χ1n) is 6.07. The lowest BCUT2D eigenvalue weighted by Gasteiger charge is -2.19. The van der Waals surface area contributed by atoms with Gasteiger partial charge in [-0.3, -0.25) is 9.48 Å². The van der Waals surface area contributed by atoms with Gasteiger partial charge in [-0.2, -0.15) is 5.10 Å². The molecule has 1 saturated carbocycles. The van der Waals surface area contributed by atoms with Crippen molar-refractivity contribution in [1.82, 2.24) is 9.78 Å². The summed E-state index contributed by atoms with van der Waals surface area (Å²) in [6.07, 6.45) is 7.74. The smallest absolute Gasteiger partial charge is 0.153 e. The van der Waals surface area contributed by atoms with Crippen LogP contribution in [0, 0.1) is 0 Å². The number of carbonyl (C=O) groups is 1. The predicted octanol–water partition coefficient (Wildman–Crippen LogP) is 3.11. The van der Waals surface area contributed by atoms with Crippen LogP contribution >= 0.6 is 0 Å². The third-order valence-electron chi connectivity index (χ3n) is 3.33. The second kappa shape index (κ2) is 4.04. The van der Waals surface area contributed by atoms with Crippen LogP contribution in [0.3, 0.4) is 0 Å². The molecule has 1 aromatic rings. The van der Waals surface area contributed by atoms with E-state index in [1.54, 1.807) is 0 Å². The minimum Gasteiger partial charge on any atom is -0.298 e. The fourth-order valence-electron chi connectivity index (χ4n) is 2.35. The van der Waals surface area contributed by atoms with E-state index in [9.17, 15) is 4.79 Å². The normalized spacial score (nSPS) is 17.9. The van der Waals surface area contributed by atoms with E-state index in [1.165, 1.54) is 25.7 Å². The fourth-order valence-corrected chi connectivity index (χ4v) is 2.35. The molecule has 3 nitrogen and oxygen atoms in total.